The van der Waals surface area contributed by atoms with Gasteiger partial charge in [0.25, 0.3) is 5.91 Å². The summed E-state index contributed by atoms with van der Waals surface area (Å²) < 4.78 is 0. The van der Waals surface area contributed by atoms with Crippen LogP contribution in [0.15, 0.2) is 60.7 Å². The molecular weight excluding hydrogens is 236 g/mol. The molecule has 0 spiro atoms. The van der Waals surface area contributed by atoms with E-state index < -0.39 is 0 Å². The monoisotopic (exact) mass is 249 g/mol. The summed E-state index contributed by atoms with van der Waals surface area (Å²) >= 11 is 0. The molecule has 19 heavy (non-hydrogen) atoms. The number of fused-ring (bicyclic) bond motifs is 1. The maximum absolute atomic E-state index is 12.0. The molecule has 3 nitrogen and oxygen atoms in total. The summed E-state index contributed by atoms with van der Waals surface area (Å²) in [5.41, 5.74) is 2.49. The zero-order valence-electron chi connectivity index (χ0n) is 10.3. The zero-order valence-corrected chi connectivity index (χ0v) is 10.3. The SMILES string of the molecule is O=C(N[CH]c1ccccc1)c1cc2ccccc2[nH]1. The normalized spacial score (nSPS) is 10.5. The van der Waals surface area contributed by atoms with Crippen molar-refractivity contribution in [3.8, 4) is 0 Å². The van der Waals surface area contributed by atoms with Gasteiger partial charge in [0.15, 0.2) is 0 Å². The van der Waals surface area contributed by atoms with Gasteiger partial charge in [-0.25, -0.2) is 0 Å². The quantitative estimate of drug-likeness (QED) is 0.736. The Bertz CT molecular complexity index is 668. The summed E-state index contributed by atoms with van der Waals surface area (Å²) in [5, 5.41) is 3.82. The number of aromatic amines is 1. The first-order chi connectivity index (χ1) is 9.33. The van der Waals surface area contributed by atoms with Gasteiger partial charge in [-0.05, 0) is 17.7 Å². The van der Waals surface area contributed by atoms with E-state index in [1.54, 1.807) is 6.54 Å². The van der Waals surface area contributed by atoms with Crippen molar-refractivity contribution < 1.29 is 4.79 Å². The molecule has 1 radical (unpaired) electrons. The van der Waals surface area contributed by atoms with Crippen LogP contribution in [-0.4, -0.2) is 10.9 Å². The summed E-state index contributed by atoms with van der Waals surface area (Å²) in [7, 11) is 0. The topological polar surface area (TPSA) is 44.9 Å². The molecule has 1 amide bonds. The van der Waals surface area contributed by atoms with E-state index in [0.29, 0.717) is 5.69 Å². The molecule has 3 aromatic rings. The van der Waals surface area contributed by atoms with Crippen LogP contribution < -0.4 is 5.32 Å². The third kappa shape index (κ3) is 2.50. The van der Waals surface area contributed by atoms with Crippen LogP contribution in [0.25, 0.3) is 10.9 Å². The molecule has 3 heteroatoms. The number of hydrogen-bond acceptors (Lipinski definition) is 1. The van der Waals surface area contributed by atoms with Crippen LogP contribution in [-0.2, 0) is 0 Å². The van der Waals surface area contributed by atoms with Gasteiger partial charge in [-0.3, -0.25) is 4.79 Å². The van der Waals surface area contributed by atoms with Gasteiger partial charge in [0.1, 0.15) is 5.69 Å². The molecule has 0 saturated carbocycles. The van der Waals surface area contributed by atoms with Gasteiger partial charge in [-0.1, -0.05) is 48.5 Å². The van der Waals surface area contributed by atoms with E-state index in [2.05, 4.69) is 10.3 Å². The average Bonchev–Trinajstić information content (AvgIpc) is 2.90. The lowest BCUT2D eigenvalue weighted by molar-refractivity contribution is 0.0961. The summed E-state index contributed by atoms with van der Waals surface area (Å²) in [6, 6.07) is 19.3. The Balaban J connectivity index is 1.73. The summed E-state index contributed by atoms with van der Waals surface area (Å²) in [6.07, 6.45) is 0. The molecular formula is C16H13N2O. The first kappa shape index (κ1) is 11.5. The van der Waals surface area contributed by atoms with Crippen molar-refractivity contribution >= 4 is 16.8 Å². The predicted molar refractivity (Wildman–Crippen MR) is 75.6 cm³/mol. The Labute approximate surface area is 111 Å². The number of aromatic nitrogens is 1. The number of benzene rings is 2. The molecule has 0 saturated heterocycles. The number of H-pyrrole nitrogens is 1. The third-order valence-corrected chi connectivity index (χ3v) is 2.94. The van der Waals surface area contributed by atoms with E-state index in [1.807, 2.05) is 60.7 Å². The van der Waals surface area contributed by atoms with Crippen LogP contribution in [0.3, 0.4) is 0 Å². The molecule has 3 rings (SSSR count). The molecule has 2 N–H and O–H groups in total. The van der Waals surface area contributed by atoms with E-state index in [-0.39, 0.29) is 5.91 Å². The fraction of sp³-hybridized carbons (Fsp3) is 0. The van der Waals surface area contributed by atoms with Crippen molar-refractivity contribution in [1.82, 2.24) is 10.3 Å². The molecule has 0 bridgehead atoms. The van der Waals surface area contributed by atoms with Crippen LogP contribution in [0.4, 0.5) is 0 Å². The summed E-state index contributed by atoms with van der Waals surface area (Å²) in [6.45, 7) is 1.70. The van der Waals surface area contributed by atoms with Crippen LogP contribution >= 0.6 is 0 Å². The largest absolute Gasteiger partial charge is 0.351 e. The average molecular weight is 249 g/mol. The molecule has 0 aliphatic heterocycles. The van der Waals surface area contributed by atoms with Crippen molar-refractivity contribution in [1.29, 1.82) is 0 Å². The maximum atomic E-state index is 12.0. The van der Waals surface area contributed by atoms with Crippen LogP contribution in [0.5, 0.6) is 0 Å². The molecule has 0 aliphatic carbocycles. The fourth-order valence-corrected chi connectivity index (χ4v) is 1.97. The second-order valence-corrected chi connectivity index (χ2v) is 4.30. The summed E-state index contributed by atoms with van der Waals surface area (Å²) in [5.74, 6) is -0.139. The van der Waals surface area contributed by atoms with Gasteiger partial charge in [0, 0.05) is 10.9 Å². The van der Waals surface area contributed by atoms with Crippen LogP contribution in [0.1, 0.15) is 16.1 Å². The Hall–Kier alpha value is -2.55. The highest BCUT2D eigenvalue weighted by molar-refractivity contribution is 5.98. The minimum absolute atomic E-state index is 0.139. The van der Waals surface area contributed by atoms with E-state index in [9.17, 15) is 4.79 Å². The van der Waals surface area contributed by atoms with Gasteiger partial charge in [0.2, 0.25) is 0 Å². The van der Waals surface area contributed by atoms with E-state index in [1.165, 1.54) is 0 Å². The van der Waals surface area contributed by atoms with E-state index in [0.717, 1.165) is 16.5 Å². The van der Waals surface area contributed by atoms with E-state index in [4.69, 9.17) is 0 Å². The molecule has 2 aromatic carbocycles. The first-order valence-corrected chi connectivity index (χ1v) is 6.10. The predicted octanol–water partition coefficient (Wildman–Crippen LogP) is 3.11. The van der Waals surface area contributed by atoms with Gasteiger partial charge < -0.3 is 10.3 Å². The van der Waals surface area contributed by atoms with Crippen LogP contribution in [0, 0.1) is 6.54 Å². The van der Waals surface area contributed by atoms with E-state index >= 15 is 0 Å². The highest BCUT2D eigenvalue weighted by Gasteiger charge is 2.08. The van der Waals surface area contributed by atoms with Gasteiger partial charge in [-0.15, -0.1) is 0 Å². The van der Waals surface area contributed by atoms with Crippen molar-refractivity contribution in [2.75, 3.05) is 0 Å². The highest BCUT2D eigenvalue weighted by atomic mass is 16.1. The second-order valence-electron chi connectivity index (χ2n) is 4.30. The molecule has 93 valence electrons. The summed E-state index contributed by atoms with van der Waals surface area (Å²) in [4.78, 5) is 15.1. The molecule has 1 aromatic heterocycles. The van der Waals surface area contributed by atoms with Gasteiger partial charge in [0.05, 0.1) is 6.54 Å². The lowest BCUT2D eigenvalue weighted by atomic mass is 10.2. The third-order valence-electron chi connectivity index (χ3n) is 2.94. The molecule has 0 aliphatic rings. The maximum Gasteiger partial charge on any atom is 0.268 e. The lowest BCUT2D eigenvalue weighted by Gasteiger charge is -2.02. The number of carbonyl (C=O) groups excluding carboxylic acids is 1. The van der Waals surface area contributed by atoms with Crippen molar-refractivity contribution in [2.45, 2.75) is 0 Å². The van der Waals surface area contributed by atoms with Crippen molar-refractivity contribution in [2.24, 2.45) is 0 Å². The Kier molecular flexibility index (Phi) is 3.02. The highest BCUT2D eigenvalue weighted by Crippen LogP contribution is 2.14. The number of nitrogens with one attached hydrogen (secondary N) is 2. The first-order valence-electron chi connectivity index (χ1n) is 6.10. The minimum atomic E-state index is -0.139. The van der Waals surface area contributed by atoms with Crippen molar-refractivity contribution in [3.05, 3.63) is 78.5 Å². The van der Waals surface area contributed by atoms with Gasteiger partial charge in [-0.2, -0.15) is 0 Å². The number of para-hydroxylation sites is 1. The zero-order chi connectivity index (χ0) is 13.1. The van der Waals surface area contributed by atoms with Gasteiger partial charge >= 0.3 is 0 Å². The Morgan fingerprint density at radius 3 is 2.53 bits per heavy atom. The molecule has 0 fully saturated rings. The Morgan fingerprint density at radius 2 is 1.74 bits per heavy atom. The minimum Gasteiger partial charge on any atom is -0.351 e. The van der Waals surface area contributed by atoms with Crippen molar-refractivity contribution in [3.63, 3.8) is 0 Å². The lowest BCUT2D eigenvalue weighted by Crippen LogP contribution is -2.21. The Morgan fingerprint density at radius 1 is 1.00 bits per heavy atom. The van der Waals surface area contributed by atoms with Crippen LogP contribution in [0.2, 0.25) is 0 Å². The molecule has 1 heterocycles. The number of rotatable bonds is 3. The number of hydrogen-bond donors (Lipinski definition) is 2. The standard InChI is InChI=1S/C16H13N2O/c19-16(17-11-12-6-2-1-3-7-12)15-10-13-8-4-5-9-14(13)18-15/h1-11,18H,(H,17,19). The smallest absolute Gasteiger partial charge is 0.268 e. The fourth-order valence-electron chi connectivity index (χ4n) is 1.97. The number of carbonyl (C=O) groups is 1. The molecule has 0 atom stereocenters. The second kappa shape index (κ2) is 4.98. The number of amides is 1. The molecule has 0 unspecified atom stereocenters.